The molecule has 7 rings (SSSR count). The molecule has 12 heteroatoms. The van der Waals surface area contributed by atoms with Gasteiger partial charge in [-0.15, -0.1) is 0 Å². The molecule has 0 saturated carbocycles. The lowest BCUT2D eigenvalue weighted by Crippen LogP contribution is -2.48. The maximum absolute atomic E-state index is 17.1. The van der Waals surface area contributed by atoms with Crippen molar-refractivity contribution in [3.63, 3.8) is 0 Å². The van der Waals surface area contributed by atoms with Gasteiger partial charge in [-0.3, -0.25) is 9.88 Å². The van der Waals surface area contributed by atoms with Crippen LogP contribution in [0.4, 0.5) is 8.78 Å². The number of ether oxygens (including phenoxy) is 3. The first-order chi connectivity index (χ1) is 23.2. The Morgan fingerprint density at radius 1 is 1.10 bits per heavy atom. The minimum absolute atomic E-state index is 0.00516. The summed E-state index contributed by atoms with van der Waals surface area (Å²) in [6.07, 6.45) is 6.91. The van der Waals surface area contributed by atoms with E-state index in [1.54, 1.807) is 25.1 Å². The van der Waals surface area contributed by atoms with Crippen LogP contribution < -0.4 is 14.8 Å². The van der Waals surface area contributed by atoms with Crippen LogP contribution in [0.25, 0.3) is 32.9 Å². The molecule has 2 aromatic carbocycles. The first-order valence-electron chi connectivity index (χ1n) is 16.9. The van der Waals surface area contributed by atoms with Gasteiger partial charge in [0.25, 0.3) is 0 Å². The number of hydrogen-bond donors (Lipinski definition) is 3. The molecule has 4 aromatic rings. The third-order valence-corrected chi connectivity index (χ3v) is 10.6. The number of aliphatic hydroxyl groups is 2. The quantitative estimate of drug-likeness (QED) is 0.195. The van der Waals surface area contributed by atoms with E-state index in [2.05, 4.69) is 20.2 Å². The number of aliphatic hydroxyl groups excluding tert-OH is 1. The molecule has 48 heavy (non-hydrogen) atoms. The zero-order valence-corrected chi connectivity index (χ0v) is 27.7. The van der Waals surface area contributed by atoms with Crippen molar-refractivity contribution in [1.29, 1.82) is 0 Å². The van der Waals surface area contributed by atoms with Gasteiger partial charge in [0.2, 0.25) is 0 Å². The Morgan fingerprint density at radius 2 is 1.96 bits per heavy atom. The second-order valence-electron chi connectivity index (χ2n) is 13.6. The van der Waals surface area contributed by atoms with Crippen LogP contribution >= 0.6 is 0 Å². The van der Waals surface area contributed by atoms with Crippen molar-refractivity contribution in [2.45, 2.75) is 82.0 Å². The summed E-state index contributed by atoms with van der Waals surface area (Å²) in [5.74, 6) is -0.684. The molecule has 3 saturated heterocycles. The number of benzene rings is 2. The van der Waals surface area contributed by atoms with Crippen LogP contribution in [0.1, 0.15) is 69.7 Å². The highest BCUT2D eigenvalue weighted by molar-refractivity contribution is 6.01. The molecule has 10 nitrogen and oxygen atoms in total. The fourth-order valence-electron chi connectivity index (χ4n) is 8.21. The van der Waals surface area contributed by atoms with Gasteiger partial charge in [0, 0.05) is 30.3 Å². The number of fused-ring (bicyclic) bond motifs is 3. The Balaban J connectivity index is 1.39. The van der Waals surface area contributed by atoms with Gasteiger partial charge < -0.3 is 29.7 Å². The van der Waals surface area contributed by atoms with Crippen molar-refractivity contribution in [2.24, 2.45) is 0 Å². The summed E-state index contributed by atoms with van der Waals surface area (Å²) in [5, 5.41) is 26.4. The van der Waals surface area contributed by atoms with E-state index in [0.29, 0.717) is 64.7 Å². The van der Waals surface area contributed by atoms with Crippen LogP contribution in [0.3, 0.4) is 0 Å². The number of piperidine rings is 1. The highest BCUT2D eigenvalue weighted by Gasteiger charge is 2.49. The molecule has 4 atom stereocenters. The third kappa shape index (κ3) is 5.67. The van der Waals surface area contributed by atoms with Gasteiger partial charge in [-0.1, -0.05) is 13.0 Å². The highest BCUT2D eigenvalue weighted by Crippen LogP contribution is 2.44. The van der Waals surface area contributed by atoms with Gasteiger partial charge in [-0.25, -0.2) is 8.78 Å². The molecule has 3 aliphatic rings. The molecule has 2 unspecified atom stereocenters. The molecule has 0 aliphatic carbocycles. The van der Waals surface area contributed by atoms with Crippen molar-refractivity contribution in [2.75, 3.05) is 40.2 Å². The van der Waals surface area contributed by atoms with E-state index in [9.17, 15) is 10.2 Å². The Labute approximate surface area is 278 Å². The number of nitrogens with one attached hydrogen (secondary N) is 1. The average molecular weight is 664 g/mol. The number of halogens is 2. The molecule has 0 amide bonds. The van der Waals surface area contributed by atoms with E-state index in [-0.39, 0.29) is 48.0 Å². The first-order valence-corrected chi connectivity index (χ1v) is 16.9. The van der Waals surface area contributed by atoms with Gasteiger partial charge in [-0.05, 0) is 99.5 Å². The minimum Gasteiger partial charge on any atom is -0.468 e. The van der Waals surface area contributed by atoms with Crippen LogP contribution in [0, 0.1) is 11.6 Å². The largest absolute Gasteiger partial charge is 0.468 e. The van der Waals surface area contributed by atoms with Gasteiger partial charge >= 0.3 is 6.01 Å². The van der Waals surface area contributed by atoms with E-state index in [0.717, 1.165) is 38.6 Å². The van der Waals surface area contributed by atoms with Gasteiger partial charge in [-0.2, -0.15) is 9.97 Å². The van der Waals surface area contributed by atoms with Crippen molar-refractivity contribution in [1.82, 2.24) is 25.2 Å². The van der Waals surface area contributed by atoms with Gasteiger partial charge in [0.1, 0.15) is 29.4 Å². The van der Waals surface area contributed by atoms with Crippen LogP contribution in [0.2, 0.25) is 0 Å². The molecular formula is C36H43F2N5O5. The maximum Gasteiger partial charge on any atom is 0.317 e. The van der Waals surface area contributed by atoms with E-state index in [1.807, 2.05) is 6.92 Å². The van der Waals surface area contributed by atoms with Crippen LogP contribution in [-0.2, 0) is 11.2 Å². The molecule has 0 radical (unpaired) electrons. The lowest BCUT2D eigenvalue weighted by Gasteiger charge is -2.38. The third-order valence-electron chi connectivity index (χ3n) is 10.6. The SMILES string of the molecule is CCc1c(F)ccc2cc(OCOC)cc(-c3ncc4c(C5NCCCC5(C)O)nc(OC[C@]56CCCN5[C@@H](CO)CC6)nc4c3F)c12. The molecule has 2 aromatic heterocycles. The zero-order valence-electron chi connectivity index (χ0n) is 27.7. The summed E-state index contributed by atoms with van der Waals surface area (Å²) in [5.41, 5.74) is -0.225. The van der Waals surface area contributed by atoms with E-state index in [1.165, 1.54) is 19.4 Å². The fourth-order valence-corrected chi connectivity index (χ4v) is 8.21. The van der Waals surface area contributed by atoms with E-state index in [4.69, 9.17) is 19.2 Å². The number of methoxy groups -OCH3 is 1. The second kappa shape index (κ2) is 13.1. The number of rotatable bonds is 10. The van der Waals surface area contributed by atoms with Gasteiger partial charge in [0.15, 0.2) is 12.6 Å². The molecule has 3 fully saturated rings. The smallest absolute Gasteiger partial charge is 0.317 e. The number of hydrogen-bond acceptors (Lipinski definition) is 10. The predicted molar refractivity (Wildman–Crippen MR) is 177 cm³/mol. The van der Waals surface area contributed by atoms with Crippen molar-refractivity contribution in [3.05, 3.63) is 53.4 Å². The Bertz CT molecular complexity index is 1840. The Hall–Kier alpha value is -3.55. The topological polar surface area (TPSA) is 122 Å². The monoisotopic (exact) mass is 663 g/mol. The summed E-state index contributed by atoms with van der Waals surface area (Å²) < 4.78 is 49.5. The maximum atomic E-state index is 17.1. The van der Waals surface area contributed by atoms with E-state index >= 15 is 8.78 Å². The van der Waals surface area contributed by atoms with Crippen molar-refractivity contribution in [3.8, 4) is 23.0 Å². The standard InChI is InChI=1S/C36H43F2N5O5/c1-4-24-27(37)8-7-21-15-23(48-20-46-3)16-25(28(21)24)30-29(38)31-26(17-40-30)32(33-35(2,45)10-5-13-39-33)42-34(41-31)47-19-36-11-6-14-43(36)22(18-44)9-12-36/h7-8,15-17,22,33,39,44-45H,4-6,9-14,18-20H2,1-3H3/t22-,33?,35?,36-/m1/s1. The fraction of sp³-hybridized carbons (Fsp3) is 0.528. The second-order valence-corrected chi connectivity index (χ2v) is 13.6. The normalized spacial score (nSPS) is 26.0. The van der Waals surface area contributed by atoms with E-state index < -0.39 is 17.5 Å². The molecule has 0 bridgehead atoms. The zero-order chi connectivity index (χ0) is 33.6. The molecule has 0 spiro atoms. The molecular weight excluding hydrogens is 620 g/mol. The number of aromatic nitrogens is 3. The van der Waals surface area contributed by atoms with Crippen LogP contribution in [0.15, 0.2) is 30.5 Å². The molecule has 3 N–H and O–H groups in total. The van der Waals surface area contributed by atoms with Crippen LogP contribution in [-0.4, -0.2) is 87.5 Å². The van der Waals surface area contributed by atoms with Crippen LogP contribution in [0.5, 0.6) is 11.8 Å². The Morgan fingerprint density at radius 3 is 2.73 bits per heavy atom. The summed E-state index contributed by atoms with van der Waals surface area (Å²) >= 11 is 0. The summed E-state index contributed by atoms with van der Waals surface area (Å²) in [6.45, 7) is 5.51. The lowest BCUT2D eigenvalue weighted by molar-refractivity contribution is -0.00846. The number of pyridine rings is 1. The minimum atomic E-state index is -1.16. The summed E-state index contributed by atoms with van der Waals surface area (Å²) in [7, 11) is 1.51. The highest BCUT2D eigenvalue weighted by atomic mass is 19.1. The predicted octanol–water partition coefficient (Wildman–Crippen LogP) is 5.21. The summed E-state index contributed by atoms with van der Waals surface area (Å²) in [6, 6.07) is 5.94. The van der Waals surface area contributed by atoms with Gasteiger partial charge in [0.05, 0.1) is 29.5 Å². The number of aryl methyl sites for hydroxylation is 1. The number of nitrogens with zero attached hydrogens (tertiary/aromatic N) is 4. The molecule has 5 heterocycles. The van der Waals surface area contributed by atoms with Crippen molar-refractivity contribution < 1.29 is 33.2 Å². The first kappa shape index (κ1) is 33.0. The molecule has 256 valence electrons. The lowest BCUT2D eigenvalue weighted by atomic mass is 9.84. The average Bonchev–Trinajstić information content (AvgIpc) is 3.65. The van der Waals surface area contributed by atoms with Crippen molar-refractivity contribution >= 4 is 21.7 Å². The Kier molecular flexibility index (Phi) is 8.97. The summed E-state index contributed by atoms with van der Waals surface area (Å²) in [4.78, 5) is 16.4. The molecule has 3 aliphatic heterocycles.